The predicted octanol–water partition coefficient (Wildman–Crippen LogP) is 3.51. The van der Waals surface area contributed by atoms with Crippen LogP contribution in [-0.2, 0) is 0 Å². The summed E-state index contributed by atoms with van der Waals surface area (Å²) in [4.78, 5) is 11.4. The predicted molar refractivity (Wildman–Crippen MR) is 54.7 cm³/mol. The quantitative estimate of drug-likeness (QED) is 0.721. The molecule has 0 aliphatic rings. The van der Waals surface area contributed by atoms with Gasteiger partial charge in [-0.15, -0.1) is 0 Å². The van der Waals surface area contributed by atoms with Gasteiger partial charge in [0.15, 0.2) is 0 Å². The Bertz CT molecular complexity index is 365. The van der Waals surface area contributed by atoms with Gasteiger partial charge in [-0.05, 0) is 0 Å². The van der Waals surface area contributed by atoms with Gasteiger partial charge >= 0.3 is 85.3 Å². The number of amides is 1. The zero-order valence-electron chi connectivity index (χ0n) is 8.32. The second kappa shape index (κ2) is 3.49. The molecule has 1 amide bonds. The topological polar surface area (TPSA) is 20.3 Å². The molecule has 15 heavy (non-hydrogen) atoms. The zero-order valence-corrected chi connectivity index (χ0v) is 9.22. The molecule has 2 nitrogen and oxygen atoms in total. The summed E-state index contributed by atoms with van der Waals surface area (Å²) in [6.07, 6.45) is 0. The van der Waals surface area contributed by atoms with E-state index in [-0.39, 0.29) is 16.9 Å². The fourth-order valence-electron chi connectivity index (χ4n) is 0.961. The number of hydrogen-bond donors (Lipinski definition) is 0. The van der Waals surface area contributed by atoms with E-state index < -0.39 is 13.6 Å². The van der Waals surface area contributed by atoms with Crippen molar-refractivity contribution in [2.75, 3.05) is 13.7 Å². The van der Waals surface area contributed by atoms with Crippen LogP contribution >= 0.6 is 7.69 Å². The number of carbonyl (C=O) groups excluding carboxylic acids is 1. The van der Waals surface area contributed by atoms with Crippen LogP contribution in [0.15, 0.2) is 30.3 Å². The summed E-state index contributed by atoms with van der Waals surface area (Å²) >= 11 is 0. The van der Waals surface area contributed by atoms with Crippen LogP contribution < -0.4 is 0 Å². The average Bonchev–Trinajstić information content (AvgIpc) is 2.14. The number of nitrogens with zero attached hydrogens (tertiary/aromatic N) is 1. The van der Waals surface area contributed by atoms with E-state index in [1.54, 1.807) is 6.07 Å². The Hall–Kier alpha value is -1.09. The molecule has 0 fully saturated rings. The molecule has 0 saturated heterocycles. The first kappa shape index (κ1) is 12.0. The summed E-state index contributed by atoms with van der Waals surface area (Å²) < 4.78 is 38.6. The van der Waals surface area contributed by atoms with E-state index in [1.807, 2.05) is 0 Å². The molecule has 0 unspecified atom stereocenters. The fraction of sp³-hybridized carbons (Fsp3) is 0.222. The summed E-state index contributed by atoms with van der Waals surface area (Å²) in [5.41, 5.74) is 0.0452. The zero-order chi connectivity index (χ0) is 11.7. The third kappa shape index (κ3) is 2.93. The Kier molecular flexibility index (Phi) is 2.79. The monoisotopic (exact) mass is 237 g/mol. The molecule has 6 heteroatoms. The summed E-state index contributed by atoms with van der Waals surface area (Å²) in [5, 5.41) is 0. The normalized spacial score (nSPS) is 14.1. The minimum absolute atomic E-state index is 0.0452. The second-order valence-corrected chi connectivity index (χ2v) is 6.17. The van der Waals surface area contributed by atoms with Gasteiger partial charge in [-0.3, -0.25) is 0 Å². The molecule has 1 rings (SSSR count). The van der Waals surface area contributed by atoms with Gasteiger partial charge in [-0.25, -0.2) is 0 Å². The molecule has 0 heterocycles. The van der Waals surface area contributed by atoms with E-state index in [0.717, 1.165) is 7.05 Å². The Morgan fingerprint density at radius 2 is 1.67 bits per heavy atom. The number of carbonyl (C=O) groups is 1. The molecule has 0 aliphatic carbocycles. The molecule has 0 bridgehead atoms. The van der Waals surface area contributed by atoms with Crippen LogP contribution in [-0.4, -0.2) is 24.3 Å². The first-order valence-electron chi connectivity index (χ1n) is 4.19. The molecule has 0 aromatic heterocycles. The van der Waals surface area contributed by atoms with Crippen molar-refractivity contribution in [1.82, 2.24) is 4.67 Å². The van der Waals surface area contributed by atoms with Crippen molar-refractivity contribution in [3.63, 3.8) is 0 Å². The third-order valence-corrected chi connectivity index (χ3v) is 3.42. The number of rotatable bonds is 2. The molecular formula is C9H11F3NOP. The van der Waals surface area contributed by atoms with Gasteiger partial charge in [-0.1, -0.05) is 0 Å². The molecule has 1 aromatic carbocycles. The van der Waals surface area contributed by atoms with Gasteiger partial charge in [0.05, 0.1) is 0 Å². The number of halogens is 3. The molecule has 0 radical (unpaired) electrons. The number of benzene rings is 1. The van der Waals surface area contributed by atoms with E-state index in [1.165, 1.54) is 24.3 Å². The Labute approximate surface area is 86.0 Å². The van der Waals surface area contributed by atoms with Crippen LogP contribution in [0.2, 0.25) is 0 Å². The van der Waals surface area contributed by atoms with Crippen LogP contribution in [0.25, 0.3) is 0 Å². The Balaban J connectivity index is 2.98. The minimum atomic E-state index is -6.49. The van der Waals surface area contributed by atoms with Crippen LogP contribution in [0.3, 0.4) is 0 Å². The third-order valence-electron chi connectivity index (χ3n) is 1.95. The molecule has 1 aromatic rings. The SMILES string of the molecule is CN(C(=O)c1ccccc1)P(C)(F)(F)F. The van der Waals surface area contributed by atoms with Crippen LogP contribution in [0.1, 0.15) is 10.4 Å². The van der Waals surface area contributed by atoms with Crippen molar-refractivity contribution in [3.05, 3.63) is 35.9 Å². The van der Waals surface area contributed by atoms with Gasteiger partial charge in [0, 0.05) is 0 Å². The maximum absolute atomic E-state index is 12.9. The maximum atomic E-state index is 12.9. The van der Waals surface area contributed by atoms with Crippen LogP contribution in [0.4, 0.5) is 12.6 Å². The van der Waals surface area contributed by atoms with Crippen molar-refractivity contribution in [2.45, 2.75) is 0 Å². The molecular weight excluding hydrogens is 226 g/mol. The van der Waals surface area contributed by atoms with Crippen LogP contribution in [0.5, 0.6) is 0 Å². The first-order valence-corrected chi connectivity index (χ1v) is 6.50. The molecule has 0 aliphatic heterocycles. The van der Waals surface area contributed by atoms with E-state index in [0.29, 0.717) is 0 Å². The summed E-state index contributed by atoms with van der Waals surface area (Å²) in [6.45, 7) is 0.173. The first-order chi connectivity index (χ1) is 6.68. The van der Waals surface area contributed by atoms with Crippen molar-refractivity contribution in [1.29, 1.82) is 0 Å². The van der Waals surface area contributed by atoms with Crippen molar-refractivity contribution in [2.24, 2.45) is 0 Å². The molecule has 0 N–H and O–H groups in total. The van der Waals surface area contributed by atoms with Gasteiger partial charge < -0.3 is 0 Å². The Morgan fingerprint density at radius 1 is 1.20 bits per heavy atom. The number of hydrogen-bond acceptors (Lipinski definition) is 1. The van der Waals surface area contributed by atoms with E-state index in [2.05, 4.69) is 0 Å². The summed E-state index contributed by atoms with van der Waals surface area (Å²) in [5.74, 6) is -1.01. The van der Waals surface area contributed by atoms with Gasteiger partial charge in [0.1, 0.15) is 0 Å². The van der Waals surface area contributed by atoms with Crippen molar-refractivity contribution < 1.29 is 17.4 Å². The van der Waals surface area contributed by atoms with Crippen molar-refractivity contribution >= 4 is 13.6 Å². The van der Waals surface area contributed by atoms with Gasteiger partial charge in [-0.2, -0.15) is 0 Å². The van der Waals surface area contributed by atoms with Crippen LogP contribution in [0, 0.1) is 0 Å². The van der Waals surface area contributed by atoms with E-state index in [4.69, 9.17) is 0 Å². The van der Waals surface area contributed by atoms with Crippen molar-refractivity contribution in [3.8, 4) is 0 Å². The van der Waals surface area contributed by atoms with Gasteiger partial charge in [0.2, 0.25) is 0 Å². The Morgan fingerprint density at radius 3 is 2.07 bits per heavy atom. The molecule has 0 saturated carbocycles. The van der Waals surface area contributed by atoms with E-state index in [9.17, 15) is 17.4 Å². The molecule has 0 spiro atoms. The summed E-state index contributed by atoms with van der Waals surface area (Å²) in [7, 11) is -5.72. The standard InChI is InChI=1S/C9H11F3NOP/c1-13(15(2,10,11)12)9(14)8-6-4-3-5-7-8/h3-7H,1-2H3. The average molecular weight is 237 g/mol. The molecule has 84 valence electrons. The van der Waals surface area contributed by atoms with Gasteiger partial charge in [0.25, 0.3) is 0 Å². The summed E-state index contributed by atoms with van der Waals surface area (Å²) in [6, 6.07) is 7.42. The molecule has 0 atom stereocenters. The van der Waals surface area contributed by atoms with E-state index >= 15 is 0 Å². The fourth-order valence-corrected chi connectivity index (χ4v) is 1.46. The second-order valence-electron chi connectivity index (χ2n) is 3.32.